The monoisotopic (exact) mass is 278 g/mol. The predicted octanol–water partition coefficient (Wildman–Crippen LogP) is 2.98. The van der Waals surface area contributed by atoms with Crippen LogP contribution in [-0.2, 0) is 4.79 Å². The lowest BCUT2D eigenvalue weighted by Gasteiger charge is -2.31. The molecule has 0 radical (unpaired) electrons. The Labute approximate surface area is 119 Å². The Morgan fingerprint density at radius 2 is 2.00 bits per heavy atom. The van der Waals surface area contributed by atoms with E-state index < -0.39 is 0 Å². The van der Waals surface area contributed by atoms with Gasteiger partial charge in [0.2, 0.25) is 5.91 Å². The molecule has 1 aliphatic rings. The second-order valence-electron chi connectivity index (χ2n) is 5.36. The zero-order chi connectivity index (χ0) is 13.8. The van der Waals surface area contributed by atoms with Crippen LogP contribution in [0, 0.1) is 11.8 Å². The molecular formula is C15H22N2OS. The van der Waals surface area contributed by atoms with Crippen LogP contribution in [0.5, 0.6) is 0 Å². The number of nitrogens with one attached hydrogen (secondary N) is 2. The summed E-state index contributed by atoms with van der Waals surface area (Å²) < 4.78 is 0. The van der Waals surface area contributed by atoms with Gasteiger partial charge in [-0.05, 0) is 31.1 Å². The van der Waals surface area contributed by atoms with E-state index in [4.69, 9.17) is 0 Å². The summed E-state index contributed by atoms with van der Waals surface area (Å²) in [6.45, 7) is 8.24. The third-order valence-electron chi connectivity index (χ3n) is 3.44. The van der Waals surface area contributed by atoms with Gasteiger partial charge >= 0.3 is 0 Å². The standard InChI is InChI=1S/C15H22N2OS/c1-10(2)19-14-7-5-4-6-13(14)17-15(18)11(3)12-8-16-9-12/h4-7,10-12,16H,8-9H2,1-3H3,(H,17,18). The average Bonchev–Trinajstić information content (AvgIpc) is 2.28. The molecule has 0 bridgehead atoms. The van der Waals surface area contributed by atoms with Crippen LogP contribution in [0.3, 0.4) is 0 Å². The number of carbonyl (C=O) groups excluding carboxylic acids is 1. The van der Waals surface area contributed by atoms with Crippen LogP contribution in [0.1, 0.15) is 20.8 Å². The van der Waals surface area contributed by atoms with E-state index >= 15 is 0 Å². The van der Waals surface area contributed by atoms with E-state index in [0.717, 1.165) is 23.7 Å². The largest absolute Gasteiger partial charge is 0.325 e. The number of amides is 1. The third kappa shape index (κ3) is 3.74. The molecule has 19 heavy (non-hydrogen) atoms. The van der Waals surface area contributed by atoms with Crippen molar-refractivity contribution in [2.45, 2.75) is 30.9 Å². The molecule has 1 saturated heterocycles. The van der Waals surface area contributed by atoms with E-state index in [2.05, 4.69) is 30.5 Å². The molecule has 4 heteroatoms. The van der Waals surface area contributed by atoms with Crippen LogP contribution in [0.2, 0.25) is 0 Å². The van der Waals surface area contributed by atoms with Crippen molar-refractivity contribution in [1.29, 1.82) is 0 Å². The van der Waals surface area contributed by atoms with Crippen molar-refractivity contribution in [1.82, 2.24) is 5.32 Å². The van der Waals surface area contributed by atoms with Gasteiger partial charge in [-0.25, -0.2) is 0 Å². The molecule has 2 N–H and O–H groups in total. The molecule has 1 heterocycles. The summed E-state index contributed by atoms with van der Waals surface area (Å²) in [5.74, 6) is 0.673. The van der Waals surface area contributed by atoms with Gasteiger partial charge in [-0.1, -0.05) is 32.9 Å². The number of benzene rings is 1. The second kappa shape index (κ2) is 6.44. The number of hydrogen-bond donors (Lipinski definition) is 2. The topological polar surface area (TPSA) is 41.1 Å². The fraction of sp³-hybridized carbons (Fsp3) is 0.533. The fourth-order valence-electron chi connectivity index (χ4n) is 2.05. The summed E-state index contributed by atoms with van der Waals surface area (Å²) in [7, 11) is 0. The lowest BCUT2D eigenvalue weighted by molar-refractivity contribution is -0.121. The molecular weight excluding hydrogens is 256 g/mol. The van der Waals surface area contributed by atoms with Gasteiger partial charge in [0.15, 0.2) is 0 Å². The van der Waals surface area contributed by atoms with Crippen LogP contribution in [-0.4, -0.2) is 24.2 Å². The molecule has 0 spiro atoms. The van der Waals surface area contributed by atoms with E-state index in [1.54, 1.807) is 11.8 Å². The minimum atomic E-state index is 0.0679. The zero-order valence-electron chi connectivity index (χ0n) is 11.8. The molecule has 1 unspecified atom stereocenters. The van der Waals surface area contributed by atoms with Crippen molar-refractivity contribution < 1.29 is 4.79 Å². The average molecular weight is 278 g/mol. The third-order valence-corrected chi connectivity index (χ3v) is 4.52. The number of carbonyl (C=O) groups is 1. The minimum absolute atomic E-state index is 0.0679. The first-order valence-corrected chi connectivity index (χ1v) is 7.73. The van der Waals surface area contributed by atoms with Gasteiger partial charge in [-0.15, -0.1) is 11.8 Å². The van der Waals surface area contributed by atoms with Crippen molar-refractivity contribution in [3.63, 3.8) is 0 Å². The number of rotatable bonds is 5. The van der Waals surface area contributed by atoms with Gasteiger partial charge in [0.25, 0.3) is 0 Å². The van der Waals surface area contributed by atoms with Crippen molar-refractivity contribution in [2.75, 3.05) is 18.4 Å². The molecule has 1 atom stereocenters. The van der Waals surface area contributed by atoms with Gasteiger partial charge in [0, 0.05) is 16.1 Å². The summed E-state index contributed by atoms with van der Waals surface area (Å²) in [6, 6.07) is 8.03. The maximum Gasteiger partial charge on any atom is 0.227 e. The van der Waals surface area contributed by atoms with Crippen molar-refractivity contribution >= 4 is 23.4 Å². The maximum atomic E-state index is 12.2. The maximum absolute atomic E-state index is 12.2. The summed E-state index contributed by atoms with van der Waals surface area (Å²) in [5, 5.41) is 6.80. The van der Waals surface area contributed by atoms with Crippen LogP contribution in [0.25, 0.3) is 0 Å². The van der Waals surface area contributed by atoms with Gasteiger partial charge in [0.05, 0.1) is 5.69 Å². The van der Waals surface area contributed by atoms with Crippen LogP contribution in [0.4, 0.5) is 5.69 Å². The lowest BCUT2D eigenvalue weighted by Crippen LogP contribution is -2.48. The van der Waals surface area contributed by atoms with Gasteiger partial charge < -0.3 is 10.6 Å². The molecule has 3 nitrogen and oxygen atoms in total. The molecule has 1 aliphatic heterocycles. The Kier molecular flexibility index (Phi) is 4.88. The van der Waals surface area contributed by atoms with Crippen molar-refractivity contribution in [2.24, 2.45) is 11.8 Å². The van der Waals surface area contributed by atoms with Crippen LogP contribution in [0.15, 0.2) is 29.2 Å². The van der Waals surface area contributed by atoms with E-state index in [9.17, 15) is 4.79 Å². The fourth-order valence-corrected chi connectivity index (χ4v) is 2.96. The van der Waals surface area contributed by atoms with E-state index in [1.165, 1.54) is 0 Å². The van der Waals surface area contributed by atoms with Crippen LogP contribution < -0.4 is 10.6 Å². The first-order chi connectivity index (χ1) is 9.08. The second-order valence-corrected chi connectivity index (χ2v) is 6.98. The summed E-state index contributed by atoms with van der Waals surface area (Å²) in [5.41, 5.74) is 0.935. The number of thioether (sulfide) groups is 1. The molecule has 1 aromatic rings. The van der Waals surface area contributed by atoms with E-state index in [-0.39, 0.29) is 11.8 Å². The molecule has 1 amide bonds. The van der Waals surface area contributed by atoms with Crippen LogP contribution >= 0.6 is 11.8 Å². The van der Waals surface area contributed by atoms with Crippen molar-refractivity contribution in [3.8, 4) is 0 Å². The van der Waals surface area contributed by atoms with E-state index in [1.807, 2.05) is 25.1 Å². The molecule has 1 aromatic carbocycles. The summed E-state index contributed by atoms with van der Waals surface area (Å²) in [6.07, 6.45) is 0. The first kappa shape index (κ1) is 14.4. The van der Waals surface area contributed by atoms with Gasteiger partial charge in [-0.3, -0.25) is 4.79 Å². The Hall–Kier alpha value is -1.00. The molecule has 104 valence electrons. The Bertz CT molecular complexity index is 444. The molecule has 2 rings (SSSR count). The predicted molar refractivity (Wildman–Crippen MR) is 81.6 cm³/mol. The SMILES string of the molecule is CC(C)Sc1ccccc1NC(=O)C(C)C1CNC1. The molecule has 0 aromatic heterocycles. The smallest absolute Gasteiger partial charge is 0.227 e. The van der Waals surface area contributed by atoms with Crippen molar-refractivity contribution in [3.05, 3.63) is 24.3 Å². The number of hydrogen-bond acceptors (Lipinski definition) is 3. The van der Waals surface area contributed by atoms with Gasteiger partial charge in [-0.2, -0.15) is 0 Å². The highest BCUT2D eigenvalue weighted by Gasteiger charge is 2.28. The highest BCUT2D eigenvalue weighted by atomic mass is 32.2. The molecule has 0 saturated carbocycles. The highest BCUT2D eigenvalue weighted by Crippen LogP contribution is 2.30. The Morgan fingerprint density at radius 3 is 2.58 bits per heavy atom. The first-order valence-electron chi connectivity index (χ1n) is 6.85. The molecule has 0 aliphatic carbocycles. The minimum Gasteiger partial charge on any atom is -0.325 e. The lowest BCUT2D eigenvalue weighted by atomic mass is 9.88. The van der Waals surface area contributed by atoms with E-state index in [0.29, 0.717) is 11.2 Å². The quantitative estimate of drug-likeness (QED) is 0.814. The zero-order valence-corrected chi connectivity index (χ0v) is 12.6. The normalized spacial score (nSPS) is 17.1. The Morgan fingerprint density at radius 1 is 1.32 bits per heavy atom. The Balaban J connectivity index is 2.03. The highest BCUT2D eigenvalue weighted by molar-refractivity contribution is 8.00. The molecule has 1 fully saturated rings. The summed E-state index contributed by atoms with van der Waals surface area (Å²) in [4.78, 5) is 13.4. The number of para-hydroxylation sites is 1. The number of anilines is 1. The summed E-state index contributed by atoms with van der Waals surface area (Å²) >= 11 is 1.78. The van der Waals surface area contributed by atoms with Gasteiger partial charge in [0.1, 0.15) is 0 Å².